The van der Waals surface area contributed by atoms with Crippen molar-refractivity contribution in [3.8, 4) is 11.8 Å². The maximum absolute atomic E-state index is 13.1. The minimum atomic E-state index is -0.467. The van der Waals surface area contributed by atoms with Gasteiger partial charge in [0.2, 0.25) is 0 Å². The molecule has 0 heterocycles. The van der Waals surface area contributed by atoms with Crippen LogP contribution in [0.5, 0.6) is 5.75 Å². The molecule has 0 aliphatic carbocycles. The molecule has 0 radical (unpaired) electrons. The molecule has 168 valence electrons. The minimum absolute atomic E-state index is 0.0202. The van der Waals surface area contributed by atoms with Crippen molar-refractivity contribution in [3.63, 3.8) is 0 Å². The number of amides is 1. The lowest BCUT2D eigenvalue weighted by Crippen LogP contribution is -2.29. The summed E-state index contributed by atoms with van der Waals surface area (Å²) in [7, 11) is 0. The number of carbonyl (C=O) groups excluding carboxylic acids is 1. The summed E-state index contributed by atoms with van der Waals surface area (Å²) in [5, 5.41) is 12.7. The first-order valence-corrected chi connectivity index (χ1v) is 10.8. The lowest BCUT2D eigenvalue weighted by molar-refractivity contribution is -0.117. The molecule has 3 aromatic carbocycles. The summed E-state index contributed by atoms with van der Waals surface area (Å²) in [5.74, 6) is 0.247. The summed E-state index contributed by atoms with van der Waals surface area (Å²) in [4.78, 5) is 14.9. The van der Waals surface area contributed by atoms with Crippen LogP contribution in [0.4, 0.5) is 17.1 Å². The van der Waals surface area contributed by atoms with E-state index in [-0.39, 0.29) is 11.6 Å². The zero-order valence-electron chi connectivity index (χ0n) is 19.1. The fourth-order valence-electron chi connectivity index (χ4n) is 3.43. The third-order valence-corrected chi connectivity index (χ3v) is 5.11. The highest BCUT2D eigenvalue weighted by molar-refractivity contribution is 5.98. The normalized spacial score (nSPS) is 11.9. The van der Waals surface area contributed by atoms with E-state index in [0.717, 1.165) is 22.5 Å². The van der Waals surface area contributed by atoms with Gasteiger partial charge in [0.25, 0.3) is 5.91 Å². The lowest BCUT2D eigenvalue weighted by atomic mass is 10.0. The second kappa shape index (κ2) is 10.9. The molecule has 0 spiro atoms. The van der Waals surface area contributed by atoms with Crippen molar-refractivity contribution >= 4 is 23.0 Å². The van der Waals surface area contributed by atoms with Gasteiger partial charge in [-0.3, -0.25) is 4.79 Å². The molecule has 1 amide bonds. The van der Waals surface area contributed by atoms with Gasteiger partial charge >= 0.3 is 0 Å². The quantitative estimate of drug-likeness (QED) is 0.278. The molecule has 33 heavy (non-hydrogen) atoms. The smallest absolute Gasteiger partial charge is 0.263 e. The number of benzene rings is 3. The molecule has 0 aliphatic heterocycles. The Labute approximate surface area is 194 Å². The Morgan fingerprint density at radius 2 is 1.79 bits per heavy atom. The summed E-state index contributed by atoms with van der Waals surface area (Å²) >= 11 is 0. The SMILES string of the molecule is CCOc1ccc(C)cc1C(C)NC(=O)/C(C#N)=C\N(c1ccccc1)c1ccc(N)cc1. The predicted octanol–water partition coefficient (Wildman–Crippen LogP) is 5.40. The summed E-state index contributed by atoms with van der Waals surface area (Å²) in [5.41, 5.74) is 9.96. The molecule has 3 N–H and O–H groups in total. The van der Waals surface area contributed by atoms with Crippen LogP contribution in [0.25, 0.3) is 0 Å². The van der Waals surface area contributed by atoms with Crippen molar-refractivity contribution in [1.29, 1.82) is 5.26 Å². The van der Waals surface area contributed by atoms with Crippen molar-refractivity contribution in [2.75, 3.05) is 17.2 Å². The number of nitriles is 1. The van der Waals surface area contributed by atoms with Crippen LogP contribution in [0.15, 0.2) is 84.6 Å². The van der Waals surface area contributed by atoms with E-state index in [1.807, 2.05) is 87.5 Å². The van der Waals surface area contributed by atoms with Gasteiger partial charge in [-0.05, 0) is 63.2 Å². The first-order chi connectivity index (χ1) is 15.9. The van der Waals surface area contributed by atoms with Gasteiger partial charge < -0.3 is 20.7 Å². The fraction of sp³-hybridized carbons (Fsp3) is 0.185. The van der Waals surface area contributed by atoms with Crippen molar-refractivity contribution in [3.05, 3.63) is 95.7 Å². The molecule has 3 aromatic rings. The van der Waals surface area contributed by atoms with Crippen molar-refractivity contribution in [1.82, 2.24) is 5.32 Å². The van der Waals surface area contributed by atoms with Crippen LogP contribution >= 0.6 is 0 Å². The Balaban J connectivity index is 1.92. The molecule has 6 nitrogen and oxygen atoms in total. The number of nitrogens with zero attached hydrogens (tertiary/aromatic N) is 2. The van der Waals surface area contributed by atoms with Gasteiger partial charge in [-0.15, -0.1) is 0 Å². The maximum Gasteiger partial charge on any atom is 0.263 e. The number of rotatable bonds is 8. The summed E-state index contributed by atoms with van der Waals surface area (Å²) in [6, 6.07) is 24.3. The second-order valence-corrected chi connectivity index (χ2v) is 7.62. The molecule has 3 rings (SSSR count). The zero-order valence-corrected chi connectivity index (χ0v) is 19.1. The number of nitrogen functional groups attached to an aromatic ring is 1. The van der Waals surface area contributed by atoms with E-state index < -0.39 is 5.91 Å². The van der Waals surface area contributed by atoms with Gasteiger partial charge in [-0.2, -0.15) is 5.26 Å². The molecule has 0 aromatic heterocycles. The Morgan fingerprint density at radius 3 is 2.42 bits per heavy atom. The summed E-state index contributed by atoms with van der Waals surface area (Å²) < 4.78 is 5.72. The first-order valence-electron chi connectivity index (χ1n) is 10.8. The number of nitrogens with one attached hydrogen (secondary N) is 1. The van der Waals surface area contributed by atoms with E-state index in [2.05, 4.69) is 5.32 Å². The second-order valence-electron chi connectivity index (χ2n) is 7.62. The number of anilines is 3. The third kappa shape index (κ3) is 5.92. The van der Waals surface area contributed by atoms with E-state index in [9.17, 15) is 10.1 Å². The molecule has 6 heteroatoms. The molecule has 0 aliphatic rings. The topological polar surface area (TPSA) is 91.4 Å². The van der Waals surface area contributed by atoms with Crippen molar-refractivity contribution in [2.24, 2.45) is 0 Å². The highest BCUT2D eigenvalue weighted by Gasteiger charge is 2.19. The number of aryl methyl sites for hydroxylation is 1. The average Bonchev–Trinajstić information content (AvgIpc) is 2.82. The first kappa shape index (κ1) is 23.4. The number of hydrogen-bond donors (Lipinski definition) is 2. The molecule has 0 fully saturated rings. The number of hydrogen-bond acceptors (Lipinski definition) is 5. The van der Waals surface area contributed by atoms with E-state index in [4.69, 9.17) is 10.5 Å². The largest absolute Gasteiger partial charge is 0.494 e. The van der Waals surface area contributed by atoms with Crippen molar-refractivity contribution in [2.45, 2.75) is 26.8 Å². The van der Waals surface area contributed by atoms with Gasteiger partial charge in [0.1, 0.15) is 17.4 Å². The highest BCUT2D eigenvalue weighted by atomic mass is 16.5. The summed E-state index contributed by atoms with van der Waals surface area (Å²) in [6.07, 6.45) is 1.54. The van der Waals surface area contributed by atoms with Crippen LogP contribution in [0.3, 0.4) is 0 Å². The van der Waals surface area contributed by atoms with Crippen LogP contribution in [-0.2, 0) is 4.79 Å². The predicted molar refractivity (Wildman–Crippen MR) is 132 cm³/mol. The maximum atomic E-state index is 13.1. The van der Waals surface area contributed by atoms with Crippen LogP contribution in [0, 0.1) is 18.3 Å². The van der Waals surface area contributed by atoms with Gasteiger partial charge in [0, 0.05) is 28.8 Å². The van der Waals surface area contributed by atoms with Crippen LogP contribution in [0.1, 0.15) is 31.0 Å². The number of ether oxygens (including phenoxy) is 1. The monoisotopic (exact) mass is 440 g/mol. The van der Waals surface area contributed by atoms with Gasteiger partial charge in [-0.1, -0.05) is 35.9 Å². The minimum Gasteiger partial charge on any atom is -0.494 e. The Kier molecular flexibility index (Phi) is 7.72. The van der Waals surface area contributed by atoms with Gasteiger partial charge in [-0.25, -0.2) is 0 Å². The van der Waals surface area contributed by atoms with Crippen LogP contribution in [0.2, 0.25) is 0 Å². The Hall–Kier alpha value is -4.24. The molecule has 1 atom stereocenters. The van der Waals surface area contributed by atoms with Gasteiger partial charge in [0.05, 0.1) is 12.6 Å². The van der Waals surface area contributed by atoms with Crippen LogP contribution < -0.4 is 20.7 Å². The Morgan fingerprint density at radius 1 is 1.12 bits per heavy atom. The summed E-state index contributed by atoms with van der Waals surface area (Å²) in [6.45, 7) is 6.30. The molecular formula is C27H28N4O2. The fourth-order valence-corrected chi connectivity index (χ4v) is 3.43. The standard InChI is InChI=1S/C27H28N4O2/c1-4-33-26-15-10-19(2)16-25(26)20(3)30-27(32)21(17-28)18-31(23-8-6-5-7-9-23)24-13-11-22(29)12-14-24/h5-16,18,20H,4,29H2,1-3H3,(H,30,32)/b21-18-. The molecule has 0 saturated carbocycles. The van der Waals surface area contributed by atoms with E-state index >= 15 is 0 Å². The number of nitrogens with two attached hydrogens (primary N) is 1. The molecule has 1 unspecified atom stereocenters. The molecule has 0 saturated heterocycles. The highest BCUT2D eigenvalue weighted by Crippen LogP contribution is 2.29. The average molecular weight is 441 g/mol. The molecular weight excluding hydrogens is 412 g/mol. The van der Waals surface area contributed by atoms with Crippen molar-refractivity contribution < 1.29 is 9.53 Å². The van der Waals surface area contributed by atoms with Gasteiger partial charge in [0.15, 0.2) is 0 Å². The van der Waals surface area contributed by atoms with E-state index in [0.29, 0.717) is 18.0 Å². The van der Waals surface area contributed by atoms with Crippen LogP contribution in [-0.4, -0.2) is 12.5 Å². The number of carbonyl (C=O) groups is 1. The van der Waals surface area contributed by atoms with E-state index in [1.165, 1.54) is 0 Å². The van der Waals surface area contributed by atoms with E-state index in [1.54, 1.807) is 23.2 Å². The molecule has 0 bridgehead atoms. The number of para-hydroxylation sites is 1. The third-order valence-electron chi connectivity index (χ3n) is 5.11. The zero-order chi connectivity index (χ0) is 23.8. The Bertz CT molecular complexity index is 1160. The lowest BCUT2D eigenvalue weighted by Gasteiger charge is -2.22.